The molecule has 0 radical (unpaired) electrons. The van der Waals surface area contributed by atoms with Crippen molar-refractivity contribution in [1.29, 1.82) is 0 Å². The van der Waals surface area contributed by atoms with Gasteiger partial charge in [0.1, 0.15) is 0 Å². The molecule has 0 aliphatic carbocycles. The highest BCUT2D eigenvalue weighted by atomic mass is 32.2. The van der Waals surface area contributed by atoms with E-state index in [1.807, 2.05) is 30.5 Å². The minimum atomic E-state index is 0.541. The minimum Gasteiger partial charge on any atom is -0.411 e. The van der Waals surface area contributed by atoms with Gasteiger partial charge >= 0.3 is 0 Å². The highest BCUT2D eigenvalue weighted by molar-refractivity contribution is 7.99. The third-order valence-electron chi connectivity index (χ3n) is 2.55. The molecule has 2 aromatic heterocycles. The number of hydrogen-bond acceptors (Lipinski definition) is 4. The standard InChI is InChI=1S/C13H11N3OS/c1-2-7-18-13-16-15-12(17-13)10-8-14-11-6-4-3-5-9(10)11/h2-6,8,14H,1,7H2. The van der Waals surface area contributed by atoms with E-state index in [0.29, 0.717) is 11.1 Å². The normalized spacial score (nSPS) is 10.9. The van der Waals surface area contributed by atoms with Gasteiger partial charge in [-0.2, -0.15) is 0 Å². The van der Waals surface area contributed by atoms with Crippen molar-refractivity contribution in [3.63, 3.8) is 0 Å². The molecular weight excluding hydrogens is 246 g/mol. The molecule has 0 spiro atoms. The van der Waals surface area contributed by atoms with Crippen LogP contribution in [0.4, 0.5) is 0 Å². The fourth-order valence-electron chi connectivity index (χ4n) is 1.76. The topological polar surface area (TPSA) is 54.7 Å². The molecular formula is C13H11N3OS. The largest absolute Gasteiger partial charge is 0.411 e. The fraction of sp³-hybridized carbons (Fsp3) is 0.0769. The Hall–Kier alpha value is -2.01. The summed E-state index contributed by atoms with van der Waals surface area (Å²) in [5, 5.41) is 9.72. The smallest absolute Gasteiger partial charge is 0.277 e. The summed E-state index contributed by atoms with van der Waals surface area (Å²) in [6.45, 7) is 3.66. The van der Waals surface area contributed by atoms with E-state index >= 15 is 0 Å². The van der Waals surface area contributed by atoms with E-state index in [1.54, 1.807) is 6.08 Å². The van der Waals surface area contributed by atoms with Crippen LogP contribution in [0.2, 0.25) is 0 Å². The van der Waals surface area contributed by atoms with Gasteiger partial charge < -0.3 is 9.40 Å². The number of nitrogens with zero attached hydrogens (tertiary/aromatic N) is 2. The number of hydrogen-bond donors (Lipinski definition) is 1. The molecule has 0 aliphatic heterocycles. The van der Waals surface area contributed by atoms with Crippen molar-refractivity contribution in [3.8, 4) is 11.5 Å². The van der Waals surface area contributed by atoms with Crippen LogP contribution < -0.4 is 0 Å². The van der Waals surface area contributed by atoms with E-state index in [2.05, 4.69) is 21.8 Å². The maximum absolute atomic E-state index is 5.61. The molecule has 3 aromatic rings. The van der Waals surface area contributed by atoms with Gasteiger partial charge in [-0.3, -0.25) is 0 Å². The van der Waals surface area contributed by atoms with Crippen LogP contribution >= 0.6 is 11.8 Å². The molecule has 0 fully saturated rings. The monoisotopic (exact) mass is 257 g/mol. The van der Waals surface area contributed by atoms with Gasteiger partial charge in [-0.1, -0.05) is 36.0 Å². The Morgan fingerprint density at radius 1 is 1.33 bits per heavy atom. The second kappa shape index (κ2) is 4.70. The molecule has 90 valence electrons. The molecule has 0 atom stereocenters. The number of nitrogens with one attached hydrogen (secondary N) is 1. The Bertz CT molecular complexity index is 686. The van der Waals surface area contributed by atoms with Gasteiger partial charge in [-0.15, -0.1) is 16.8 Å². The van der Waals surface area contributed by atoms with Gasteiger partial charge in [0.15, 0.2) is 0 Å². The predicted octanol–water partition coefficient (Wildman–Crippen LogP) is 3.50. The maximum atomic E-state index is 5.61. The summed E-state index contributed by atoms with van der Waals surface area (Å²) in [4.78, 5) is 3.19. The van der Waals surface area contributed by atoms with Gasteiger partial charge in [0.2, 0.25) is 0 Å². The second-order valence-corrected chi connectivity index (χ2v) is 4.69. The summed E-state index contributed by atoms with van der Waals surface area (Å²) < 4.78 is 5.61. The van der Waals surface area contributed by atoms with E-state index in [-0.39, 0.29) is 0 Å². The molecule has 0 aliphatic rings. The van der Waals surface area contributed by atoms with Crippen LogP contribution in [-0.2, 0) is 0 Å². The summed E-state index contributed by atoms with van der Waals surface area (Å²) in [6.07, 6.45) is 3.69. The first-order chi connectivity index (χ1) is 8.88. The number of thioether (sulfide) groups is 1. The molecule has 2 heterocycles. The first-order valence-electron chi connectivity index (χ1n) is 5.52. The SMILES string of the molecule is C=CCSc1nnc(-c2c[nH]c3ccccc23)o1. The summed E-state index contributed by atoms with van der Waals surface area (Å²) in [5.41, 5.74) is 1.99. The molecule has 0 saturated carbocycles. The Labute approximate surface area is 108 Å². The lowest BCUT2D eigenvalue weighted by Crippen LogP contribution is -1.74. The van der Waals surface area contributed by atoms with Crippen molar-refractivity contribution in [2.75, 3.05) is 5.75 Å². The van der Waals surface area contributed by atoms with E-state index < -0.39 is 0 Å². The van der Waals surface area contributed by atoms with Crippen LogP contribution in [0.5, 0.6) is 0 Å². The van der Waals surface area contributed by atoms with Gasteiger partial charge in [-0.05, 0) is 6.07 Å². The molecule has 3 rings (SSSR count). The zero-order valence-corrected chi connectivity index (χ0v) is 10.4. The second-order valence-electron chi connectivity index (χ2n) is 3.72. The highest BCUT2D eigenvalue weighted by Crippen LogP contribution is 2.29. The lowest BCUT2D eigenvalue weighted by Gasteiger charge is -1.91. The van der Waals surface area contributed by atoms with Crippen molar-refractivity contribution in [2.45, 2.75) is 5.22 Å². The van der Waals surface area contributed by atoms with Gasteiger partial charge in [-0.25, -0.2) is 0 Å². The van der Waals surface area contributed by atoms with E-state index in [1.165, 1.54) is 11.8 Å². The number of aromatic amines is 1. The van der Waals surface area contributed by atoms with Crippen LogP contribution in [0.3, 0.4) is 0 Å². The first-order valence-corrected chi connectivity index (χ1v) is 6.51. The fourth-order valence-corrected chi connectivity index (χ4v) is 2.25. The van der Waals surface area contributed by atoms with Crippen molar-refractivity contribution < 1.29 is 4.42 Å². The zero-order chi connectivity index (χ0) is 12.4. The van der Waals surface area contributed by atoms with Crippen molar-refractivity contribution in [3.05, 3.63) is 43.1 Å². The van der Waals surface area contributed by atoms with Crippen LogP contribution in [0.15, 0.2) is 52.8 Å². The summed E-state index contributed by atoms with van der Waals surface area (Å²) in [5.74, 6) is 1.30. The van der Waals surface area contributed by atoms with E-state index in [0.717, 1.165) is 22.2 Å². The third-order valence-corrected chi connectivity index (χ3v) is 3.37. The molecule has 4 nitrogen and oxygen atoms in total. The molecule has 1 aromatic carbocycles. The number of fused-ring (bicyclic) bond motifs is 1. The number of H-pyrrole nitrogens is 1. The van der Waals surface area contributed by atoms with E-state index in [9.17, 15) is 0 Å². The average Bonchev–Trinajstić information content (AvgIpc) is 3.02. The summed E-state index contributed by atoms with van der Waals surface area (Å²) >= 11 is 1.48. The van der Waals surface area contributed by atoms with Crippen molar-refractivity contribution in [2.24, 2.45) is 0 Å². The zero-order valence-electron chi connectivity index (χ0n) is 9.59. The predicted molar refractivity (Wildman–Crippen MR) is 72.5 cm³/mol. The van der Waals surface area contributed by atoms with Gasteiger partial charge in [0, 0.05) is 22.9 Å². The Morgan fingerprint density at radius 2 is 2.22 bits per heavy atom. The summed E-state index contributed by atoms with van der Waals surface area (Å²) in [7, 11) is 0. The number of rotatable bonds is 4. The van der Waals surface area contributed by atoms with Crippen LogP contribution in [-0.4, -0.2) is 20.9 Å². The molecule has 1 N–H and O–H groups in total. The molecule has 0 unspecified atom stereocenters. The lowest BCUT2D eigenvalue weighted by molar-refractivity contribution is 0.466. The van der Waals surface area contributed by atoms with Crippen LogP contribution in [0, 0.1) is 0 Å². The molecule has 0 amide bonds. The summed E-state index contributed by atoms with van der Waals surface area (Å²) in [6, 6.07) is 8.02. The van der Waals surface area contributed by atoms with Gasteiger partial charge in [0.05, 0.1) is 5.56 Å². The first kappa shape index (κ1) is 11.1. The average molecular weight is 257 g/mol. The highest BCUT2D eigenvalue weighted by Gasteiger charge is 2.12. The van der Waals surface area contributed by atoms with E-state index in [4.69, 9.17) is 4.42 Å². The quantitative estimate of drug-likeness (QED) is 0.574. The van der Waals surface area contributed by atoms with Crippen LogP contribution in [0.25, 0.3) is 22.4 Å². The van der Waals surface area contributed by atoms with Crippen LogP contribution in [0.1, 0.15) is 0 Å². The molecule has 0 saturated heterocycles. The Balaban J connectivity index is 1.99. The van der Waals surface area contributed by atoms with Gasteiger partial charge in [0.25, 0.3) is 11.1 Å². The number of benzene rings is 1. The number of para-hydroxylation sites is 1. The third kappa shape index (κ3) is 1.93. The molecule has 0 bridgehead atoms. The Morgan fingerprint density at radius 3 is 3.11 bits per heavy atom. The molecule has 5 heteroatoms. The Kier molecular flexibility index (Phi) is 2.90. The maximum Gasteiger partial charge on any atom is 0.277 e. The molecule has 18 heavy (non-hydrogen) atoms. The lowest BCUT2D eigenvalue weighted by atomic mass is 10.2. The van der Waals surface area contributed by atoms with Crippen molar-refractivity contribution in [1.82, 2.24) is 15.2 Å². The van der Waals surface area contributed by atoms with Crippen molar-refractivity contribution >= 4 is 22.7 Å². The minimum absolute atomic E-state index is 0.541. The number of aromatic nitrogens is 3.